The topological polar surface area (TPSA) is 48.1 Å². The number of rotatable bonds is 4. The minimum Gasteiger partial charge on any atom is -0.492 e. The van der Waals surface area contributed by atoms with Crippen molar-refractivity contribution < 1.29 is 4.74 Å². The summed E-state index contributed by atoms with van der Waals surface area (Å²) < 4.78 is 5.28. The third-order valence-corrected chi connectivity index (χ3v) is 1.93. The predicted molar refractivity (Wildman–Crippen MR) is 52.9 cm³/mol. The minimum absolute atomic E-state index is 0.315. The van der Waals surface area contributed by atoms with Crippen LogP contribution < -0.4 is 10.5 Å². The molecular formula is C10H16N2O. The molecule has 0 aliphatic carbocycles. The second-order valence-corrected chi connectivity index (χ2v) is 2.99. The molecule has 1 aromatic heterocycles. The van der Waals surface area contributed by atoms with E-state index in [1.165, 1.54) is 0 Å². The summed E-state index contributed by atoms with van der Waals surface area (Å²) in [6, 6.07) is 3.89. The van der Waals surface area contributed by atoms with Crippen LogP contribution in [0.25, 0.3) is 0 Å². The van der Waals surface area contributed by atoms with Gasteiger partial charge in [-0.15, -0.1) is 0 Å². The molecule has 13 heavy (non-hydrogen) atoms. The normalized spacial score (nSPS) is 12.5. The van der Waals surface area contributed by atoms with Crippen LogP contribution in [-0.4, -0.2) is 18.1 Å². The molecular weight excluding hydrogens is 164 g/mol. The molecule has 0 aliphatic rings. The molecule has 1 aromatic rings. The van der Waals surface area contributed by atoms with Crippen LogP contribution in [0.15, 0.2) is 18.3 Å². The zero-order chi connectivity index (χ0) is 9.68. The van der Waals surface area contributed by atoms with E-state index in [-0.39, 0.29) is 0 Å². The van der Waals surface area contributed by atoms with Crippen molar-refractivity contribution in [2.75, 3.05) is 13.2 Å². The summed E-state index contributed by atoms with van der Waals surface area (Å²) in [6.45, 7) is 5.31. The first-order chi connectivity index (χ1) is 6.27. The Morgan fingerprint density at radius 3 is 2.77 bits per heavy atom. The summed E-state index contributed by atoms with van der Waals surface area (Å²) in [5, 5.41) is 0. The van der Waals surface area contributed by atoms with Gasteiger partial charge in [0.1, 0.15) is 5.75 Å². The number of hydrogen-bond donors (Lipinski definition) is 1. The molecule has 0 amide bonds. The van der Waals surface area contributed by atoms with Crippen LogP contribution in [-0.2, 0) is 0 Å². The number of ether oxygens (including phenoxy) is 1. The van der Waals surface area contributed by atoms with Crippen LogP contribution in [0.4, 0.5) is 0 Å². The first kappa shape index (κ1) is 9.99. The average Bonchev–Trinajstić information content (AvgIpc) is 2.18. The standard InChI is InChI=1S/C10H16N2O/c1-3-13-9-4-5-10(12-7-9)8(2)6-11/h4-5,7-8H,3,6,11H2,1-2H3. The van der Waals surface area contributed by atoms with Gasteiger partial charge in [0.05, 0.1) is 12.8 Å². The first-order valence-corrected chi connectivity index (χ1v) is 4.56. The van der Waals surface area contributed by atoms with Crippen LogP contribution in [0.1, 0.15) is 25.5 Å². The molecule has 1 atom stereocenters. The highest BCUT2D eigenvalue weighted by atomic mass is 16.5. The largest absolute Gasteiger partial charge is 0.492 e. The van der Waals surface area contributed by atoms with Crippen molar-refractivity contribution in [3.63, 3.8) is 0 Å². The van der Waals surface area contributed by atoms with E-state index in [1.807, 2.05) is 19.1 Å². The van der Waals surface area contributed by atoms with Gasteiger partial charge in [0.2, 0.25) is 0 Å². The lowest BCUT2D eigenvalue weighted by Crippen LogP contribution is -2.10. The van der Waals surface area contributed by atoms with Crippen molar-refractivity contribution in [1.29, 1.82) is 0 Å². The van der Waals surface area contributed by atoms with E-state index in [0.29, 0.717) is 19.1 Å². The fourth-order valence-electron chi connectivity index (χ4n) is 1.06. The van der Waals surface area contributed by atoms with Crippen LogP contribution in [0.3, 0.4) is 0 Å². The molecule has 0 spiro atoms. The maximum Gasteiger partial charge on any atom is 0.137 e. The van der Waals surface area contributed by atoms with Crippen molar-refractivity contribution in [2.45, 2.75) is 19.8 Å². The summed E-state index contributed by atoms with van der Waals surface area (Å²) in [5.41, 5.74) is 6.55. The van der Waals surface area contributed by atoms with Crippen molar-refractivity contribution in [3.8, 4) is 5.75 Å². The van der Waals surface area contributed by atoms with Gasteiger partial charge in [0, 0.05) is 18.2 Å². The first-order valence-electron chi connectivity index (χ1n) is 4.56. The Hall–Kier alpha value is -1.09. The average molecular weight is 180 g/mol. The lowest BCUT2D eigenvalue weighted by molar-refractivity contribution is 0.338. The smallest absolute Gasteiger partial charge is 0.137 e. The van der Waals surface area contributed by atoms with Gasteiger partial charge in [0.25, 0.3) is 0 Å². The number of aromatic nitrogens is 1. The molecule has 72 valence electrons. The third kappa shape index (κ3) is 2.70. The number of pyridine rings is 1. The SMILES string of the molecule is CCOc1ccc(C(C)CN)nc1. The monoisotopic (exact) mass is 180 g/mol. The summed E-state index contributed by atoms with van der Waals surface area (Å²) in [6.07, 6.45) is 1.74. The molecule has 0 fully saturated rings. The molecule has 0 bridgehead atoms. The molecule has 2 N–H and O–H groups in total. The van der Waals surface area contributed by atoms with Gasteiger partial charge in [-0.2, -0.15) is 0 Å². The Balaban J connectivity index is 2.69. The molecule has 1 rings (SSSR count). The molecule has 3 heteroatoms. The lowest BCUT2D eigenvalue weighted by atomic mass is 10.1. The van der Waals surface area contributed by atoms with Gasteiger partial charge in [-0.1, -0.05) is 6.92 Å². The van der Waals surface area contributed by atoms with Crippen LogP contribution in [0.2, 0.25) is 0 Å². The molecule has 3 nitrogen and oxygen atoms in total. The van der Waals surface area contributed by atoms with Crippen molar-refractivity contribution in [3.05, 3.63) is 24.0 Å². The van der Waals surface area contributed by atoms with E-state index in [4.69, 9.17) is 10.5 Å². The summed E-state index contributed by atoms with van der Waals surface area (Å²) in [4.78, 5) is 4.26. The van der Waals surface area contributed by atoms with E-state index in [0.717, 1.165) is 11.4 Å². The summed E-state index contributed by atoms with van der Waals surface area (Å²) in [5.74, 6) is 1.13. The Bertz CT molecular complexity index is 246. The van der Waals surface area contributed by atoms with E-state index >= 15 is 0 Å². The fraction of sp³-hybridized carbons (Fsp3) is 0.500. The zero-order valence-electron chi connectivity index (χ0n) is 8.16. The van der Waals surface area contributed by atoms with Gasteiger partial charge >= 0.3 is 0 Å². The maximum absolute atomic E-state index is 5.53. The number of nitrogens with zero attached hydrogens (tertiary/aromatic N) is 1. The van der Waals surface area contributed by atoms with Crippen LogP contribution >= 0.6 is 0 Å². The molecule has 1 heterocycles. The van der Waals surface area contributed by atoms with Crippen molar-refractivity contribution >= 4 is 0 Å². The zero-order valence-corrected chi connectivity index (χ0v) is 8.16. The molecule has 0 saturated carbocycles. The van der Waals surface area contributed by atoms with Gasteiger partial charge < -0.3 is 10.5 Å². The Morgan fingerprint density at radius 2 is 2.31 bits per heavy atom. The van der Waals surface area contributed by atoms with Gasteiger partial charge in [-0.05, 0) is 19.1 Å². The summed E-state index contributed by atoms with van der Waals surface area (Å²) >= 11 is 0. The highest BCUT2D eigenvalue weighted by molar-refractivity contribution is 5.21. The summed E-state index contributed by atoms with van der Waals surface area (Å²) in [7, 11) is 0. The second kappa shape index (κ2) is 4.82. The predicted octanol–water partition coefficient (Wildman–Crippen LogP) is 1.54. The van der Waals surface area contributed by atoms with Crippen molar-refractivity contribution in [1.82, 2.24) is 4.98 Å². The second-order valence-electron chi connectivity index (χ2n) is 2.99. The molecule has 0 saturated heterocycles. The van der Waals surface area contributed by atoms with Crippen LogP contribution in [0, 0.1) is 0 Å². The van der Waals surface area contributed by atoms with Gasteiger partial charge in [0.15, 0.2) is 0 Å². The Kier molecular flexibility index (Phi) is 3.71. The van der Waals surface area contributed by atoms with E-state index < -0.39 is 0 Å². The van der Waals surface area contributed by atoms with Gasteiger partial charge in [-0.25, -0.2) is 0 Å². The van der Waals surface area contributed by atoms with E-state index in [9.17, 15) is 0 Å². The van der Waals surface area contributed by atoms with Gasteiger partial charge in [-0.3, -0.25) is 4.98 Å². The van der Waals surface area contributed by atoms with Crippen molar-refractivity contribution in [2.24, 2.45) is 5.73 Å². The minimum atomic E-state index is 0.315. The molecule has 1 unspecified atom stereocenters. The highest BCUT2D eigenvalue weighted by Gasteiger charge is 2.03. The number of hydrogen-bond acceptors (Lipinski definition) is 3. The van der Waals surface area contributed by atoms with Crippen LogP contribution in [0.5, 0.6) is 5.75 Å². The maximum atomic E-state index is 5.53. The number of nitrogens with two attached hydrogens (primary N) is 1. The Labute approximate surface area is 78.9 Å². The third-order valence-electron chi connectivity index (χ3n) is 1.93. The molecule has 0 radical (unpaired) electrons. The fourth-order valence-corrected chi connectivity index (χ4v) is 1.06. The highest BCUT2D eigenvalue weighted by Crippen LogP contribution is 2.14. The molecule has 0 aliphatic heterocycles. The van der Waals surface area contributed by atoms with E-state index in [2.05, 4.69) is 11.9 Å². The molecule has 0 aromatic carbocycles. The van der Waals surface area contributed by atoms with E-state index in [1.54, 1.807) is 6.20 Å². The lowest BCUT2D eigenvalue weighted by Gasteiger charge is -2.08. The Morgan fingerprint density at radius 1 is 1.54 bits per heavy atom. The quantitative estimate of drug-likeness (QED) is 0.764.